The summed E-state index contributed by atoms with van der Waals surface area (Å²) in [5.74, 6) is -0.985. The molecule has 0 aliphatic rings. The number of benzene rings is 1. The maximum atomic E-state index is 11.7. The van der Waals surface area contributed by atoms with Gasteiger partial charge < -0.3 is 10.4 Å². The number of nitrogens with one attached hydrogen (secondary N) is 1. The highest BCUT2D eigenvalue weighted by Gasteiger charge is 2.06. The predicted molar refractivity (Wildman–Crippen MR) is 77.1 cm³/mol. The van der Waals surface area contributed by atoms with Gasteiger partial charge in [0.15, 0.2) is 0 Å². The van der Waals surface area contributed by atoms with E-state index in [1.807, 2.05) is 36.5 Å². The van der Waals surface area contributed by atoms with Gasteiger partial charge >= 0.3 is 5.97 Å². The van der Waals surface area contributed by atoms with E-state index in [1.165, 1.54) is 0 Å². The molecule has 2 aromatic rings. The molecule has 1 aromatic heterocycles. The third kappa shape index (κ3) is 4.76. The van der Waals surface area contributed by atoms with Crippen molar-refractivity contribution in [3.05, 3.63) is 48.3 Å². The van der Waals surface area contributed by atoms with Crippen LogP contribution in [-0.2, 0) is 16.0 Å². The molecular formula is C15H17N3O3. The van der Waals surface area contributed by atoms with Gasteiger partial charge in [0, 0.05) is 19.2 Å². The standard InChI is InChI=1S/C15H17N3O3/c19-14(16-8-4-7-15(20)21)9-12-10-17-18(11-12)13-5-2-1-3-6-13/h1-3,5-6,10-11H,4,7-9H2,(H,16,19)(H,20,21). The number of carboxylic acids is 1. The Morgan fingerprint density at radius 1 is 1.24 bits per heavy atom. The van der Waals surface area contributed by atoms with Gasteiger partial charge in [0.1, 0.15) is 0 Å². The van der Waals surface area contributed by atoms with E-state index in [1.54, 1.807) is 10.9 Å². The number of carboxylic acid groups (broad SMARTS) is 1. The summed E-state index contributed by atoms with van der Waals surface area (Å²) in [6, 6.07) is 9.64. The summed E-state index contributed by atoms with van der Waals surface area (Å²) in [6.45, 7) is 0.373. The smallest absolute Gasteiger partial charge is 0.303 e. The first kappa shape index (κ1) is 14.8. The fourth-order valence-corrected chi connectivity index (χ4v) is 1.89. The lowest BCUT2D eigenvalue weighted by Gasteiger charge is -2.02. The molecule has 1 amide bonds. The third-order valence-electron chi connectivity index (χ3n) is 2.91. The van der Waals surface area contributed by atoms with E-state index in [-0.39, 0.29) is 18.7 Å². The summed E-state index contributed by atoms with van der Waals surface area (Å²) in [5.41, 5.74) is 1.75. The number of amides is 1. The third-order valence-corrected chi connectivity index (χ3v) is 2.91. The van der Waals surface area contributed by atoms with Gasteiger partial charge in [-0.25, -0.2) is 4.68 Å². The van der Waals surface area contributed by atoms with Crippen LogP contribution >= 0.6 is 0 Å². The van der Waals surface area contributed by atoms with Crippen LogP contribution in [-0.4, -0.2) is 33.3 Å². The molecule has 6 nitrogen and oxygen atoms in total. The minimum absolute atomic E-state index is 0.0617. The Balaban J connectivity index is 1.82. The van der Waals surface area contributed by atoms with Gasteiger partial charge in [-0.05, 0) is 24.1 Å². The summed E-state index contributed by atoms with van der Waals surface area (Å²) in [5, 5.41) is 15.4. The Bertz CT molecular complexity index is 608. The molecule has 21 heavy (non-hydrogen) atoms. The van der Waals surface area contributed by atoms with Crippen molar-refractivity contribution in [2.75, 3.05) is 6.54 Å². The lowest BCUT2D eigenvalue weighted by atomic mass is 10.2. The quantitative estimate of drug-likeness (QED) is 0.754. The molecule has 1 heterocycles. The second-order valence-corrected chi connectivity index (χ2v) is 4.65. The van der Waals surface area contributed by atoms with Crippen LogP contribution < -0.4 is 5.32 Å². The second kappa shape index (κ2) is 7.23. The average molecular weight is 287 g/mol. The molecule has 0 saturated carbocycles. The van der Waals surface area contributed by atoms with Gasteiger partial charge in [0.05, 0.1) is 18.3 Å². The van der Waals surface area contributed by atoms with Crippen LogP contribution in [0.4, 0.5) is 0 Å². The molecule has 0 atom stereocenters. The molecule has 1 aromatic carbocycles. The van der Waals surface area contributed by atoms with Crippen LogP contribution in [0.1, 0.15) is 18.4 Å². The first-order chi connectivity index (χ1) is 10.1. The summed E-state index contributed by atoms with van der Waals surface area (Å²) < 4.78 is 1.72. The Morgan fingerprint density at radius 2 is 2.00 bits per heavy atom. The maximum absolute atomic E-state index is 11.7. The van der Waals surface area contributed by atoms with Crippen LogP contribution in [0, 0.1) is 0 Å². The average Bonchev–Trinajstić information content (AvgIpc) is 2.93. The van der Waals surface area contributed by atoms with Crippen molar-refractivity contribution in [3.8, 4) is 5.69 Å². The van der Waals surface area contributed by atoms with Crippen LogP contribution in [0.5, 0.6) is 0 Å². The lowest BCUT2D eigenvalue weighted by Crippen LogP contribution is -2.26. The molecule has 0 fully saturated rings. The fourth-order valence-electron chi connectivity index (χ4n) is 1.89. The summed E-state index contributed by atoms with van der Waals surface area (Å²) in [4.78, 5) is 22.1. The molecule has 0 spiro atoms. The van der Waals surface area contributed by atoms with E-state index in [9.17, 15) is 9.59 Å². The maximum Gasteiger partial charge on any atom is 0.303 e. The predicted octanol–water partition coefficient (Wildman–Crippen LogP) is 1.40. The molecule has 0 bridgehead atoms. The molecule has 110 valence electrons. The molecule has 0 saturated heterocycles. The highest BCUT2D eigenvalue weighted by Crippen LogP contribution is 2.08. The number of aliphatic carboxylic acids is 1. The molecular weight excluding hydrogens is 270 g/mol. The zero-order chi connectivity index (χ0) is 15.1. The van der Waals surface area contributed by atoms with Crippen molar-refractivity contribution < 1.29 is 14.7 Å². The summed E-state index contributed by atoms with van der Waals surface area (Å²) >= 11 is 0. The first-order valence-electron chi connectivity index (χ1n) is 6.72. The SMILES string of the molecule is O=C(O)CCCNC(=O)Cc1cnn(-c2ccccc2)c1. The van der Waals surface area contributed by atoms with Crippen molar-refractivity contribution >= 4 is 11.9 Å². The molecule has 2 N–H and O–H groups in total. The molecule has 0 unspecified atom stereocenters. The number of carbonyl (C=O) groups is 2. The summed E-state index contributed by atoms with van der Waals surface area (Å²) in [7, 11) is 0. The van der Waals surface area contributed by atoms with Gasteiger partial charge in [0.25, 0.3) is 0 Å². The molecule has 0 aliphatic carbocycles. The van der Waals surface area contributed by atoms with Crippen molar-refractivity contribution in [3.63, 3.8) is 0 Å². The molecule has 0 radical (unpaired) electrons. The van der Waals surface area contributed by atoms with E-state index in [0.717, 1.165) is 11.3 Å². The number of rotatable bonds is 7. The van der Waals surface area contributed by atoms with Crippen LogP contribution in [0.25, 0.3) is 5.69 Å². The van der Waals surface area contributed by atoms with E-state index in [4.69, 9.17) is 5.11 Å². The molecule has 0 aliphatic heterocycles. The largest absolute Gasteiger partial charge is 0.481 e. The van der Waals surface area contributed by atoms with Crippen molar-refractivity contribution in [2.45, 2.75) is 19.3 Å². The van der Waals surface area contributed by atoms with E-state index < -0.39 is 5.97 Å². The van der Waals surface area contributed by atoms with E-state index in [0.29, 0.717) is 13.0 Å². The van der Waals surface area contributed by atoms with Gasteiger partial charge in [-0.15, -0.1) is 0 Å². The van der Waals surface area contributed by atoms with Crippen molar-refractivity contribution in [1.82, 2.24) is 15.1 Å². The highest BCUT2D eigenvalue weighted by molar-refractivity contribution is 5.78. The number of hydrogen-bond donors (Lipinski definition) is 2. The Kier molecular flexibility index (Phi) is 5.09. The van der Waals surface area contributed by atoms with Crippen LogP contribution in [0.2, 0.25) is 0 Å². The first-order valence-corrected chi connectivity index (χ1v) is 6.72. The van der Waals surface area contributed by atoms with Crippen LogP contribution in [0.15, 0.2) is 42.7 Å². The van der Waals surface area contributed by atoms with E-state index >= 15 is 0 Å². The molecule has 2 rings (SSSR count). The highest BCUT2D eigenvalue weighted by atomic mass is 16.4. The summed E-state index contributed by atoms with van der Waals surface area (Å²) in [6.07, 6.45) is 4.20. The Labute approximate surface area is 122 Å². The number of para-hydroxylation sites is 1. The number of aromatic nitrogens is 2. The fraction of sp³-hybridized carbons (Fsp3) is 0.267. The Hall–Kier alpha value is -2.63. The van der Waals surface area contributed by atoms with Crippen molar-refractivity contribution in [1.29, 1.82) is 0 Å². The van der Waals surface area contributed by atoms with Crippen LogP contribution in [0.3, 0.4) is 0 Å². The van der Waals surface area contributed by atoms with Gasteiger partial charge in [0.2, 0.25) is 5.91 Å². The minimum atomic E-state index is -0.853. The zero-order valence-corrected chi connectivity index (χ0v) is 11.5. The number of nitrogens with zero attached hydrogens (tertiary/aromatic N) is 2. The lowest BCUT2D eigenvalue weighted by molar-refractivity contribution is -0.137. The van der Waals surface area contributed by atoms with Gasteiger partial charge in [-0.3, -0.25) is 9.59 Å². The van der Waals surface area contributed by atoms with Gasteiger partial charge in [-0.1, -0.05) is 18.2 Å². The normalized spacial score (nSPS) is 10.3. The minimum Gasteiger partial charge on any atom is -0.481 e. The van der Waals surface area contributed by atoms with E-state index in [2.05, 4.69) is 10.4 Å². The Morgan fingerprint density at radius 3 is 2.71 bits per heavy atom. The topological polar surface area (TPSA) is 84.2 Å². The second-order valence-electron chi connectivity index (χ2n) is 4.65. The van der Waals surface area contributed by atoms with Crippen molar-refractivity contribution in [2.24, 2.45) is 0 Å². The number of carbonyl (C=O) groups excluding carboxylic acids is 1. The molecule has 6 heteroatoms. The monoisotopic (exact) mass is 287 g/mol. The van der Waals surface area contributed by atoms with Gasteiger partial charge in [-0.2, -0.15) is 5.10 Å². The zero-order valence-electron chi connectivity index (χ0n) is 11.5. The number of hydrogen-bond acceptors (Lipinski definition) is 3.